The molecule has 0 spiro atoms. The standard InChI is InChI=1S/C16H20F2N2O3S/c17-16(18)24(22,23)14-5-3-12(4-6-14)15(21)20-10-7-13(11-20)19-8-1-2-9-19/h3-6,13,16H,1-2,7-11H2. The fraction of sp³-hybridized carbons (Fsp3) is 0.562. The van der Waals surface area contributed by atoms with Gasteiger partial charge in [-0.05, 0) is 56.6 Å². The number of carbonyl (C=O) groups is 1. The van der Waals surface area contributed by atoms with Crippen LogP contribution >= 0.6 is 0 Å². The molecular weight excluding hydrogens is 338 g/mol. The Bertz CT molecular complexity index is 701. The zero-order chi connectivity index (χ0) is 17.3. The third kappa shape index (κ3) is 3.30. The second kappa shape index (κ2) is 6.76. The highest BCUT2D eigenvalue weighted by molar-refractivity contribution is 7.91. The van der Waals surface area contributed by atoms with Gasteiger partial charge >= 0.3 is 5.76 Å². The third-order valence-corrected chi connectivity index (χ3v) is 6.17. The minimum atomic E-state index is -4.62. The smallest absolute Gasteiger partial charge is 0.337 e. The lowest BCUT2D eigenvalue weighted by molar-refractivity contribution is 0.0780. The predicted octanol–water partition coefficient (Wildman–Crippen LogP) is 1.99. The molecule has 1 amide bonds. The highest BCUT2D eigenvalue weighted by Crippen LogP contribution is 2.23. The lowest BCUT2D eigenvalue weighted by Gasteiger charge is -2.23. The highest BCUT2D eigenvalue weighted by Gasteiger charge is 2.32. The Morgan fingerprint density at radius 2 is 1.71 bits per heavy atom. The van der Waals surface area contributed by atoms with Gasteiger partial charge in [0.25, 0.3) is 5.91 Å². The number of carbonyl (C=O) groups excluding carboxylic acids is 1. The third-order valence-electron chi connectivity index (χ3n) is 4.77. The Morgan fingerprint density at radius 1 is 1.08 bits per heavy atom. The van der Waals surface area contributed by atoms with Gasteiger partial charge in [0.1, 0.15) is 0 Å². The van der Waals surface area contributed by atoms with Crippen molar-refractivity contribution >= 4 is 15.7 Å². The van der Waals surface area contributed by atoms with E-state index in [-0.39, 0.29) is 5.91 Å². The molecule has 1 atom stereocenters. The van der Waals surface area contributed by atoms with Crippen molar-refractivity contribution in [1.29, 1.82) is 0 Å². The van der Waals surface area contributed by atoms with Crippen LogP contribution in [0.5, 0.6) is 0 Å². The molecule has 0 aromatic heterocycles. The van der Waals surface area contributed by atoms with Gasteiger partial charge in [-0.2, -0.15) is 8.78 Å². The van der Waals surface area contributed by atoms with Crippen molar-refractivity contribution in [3.8, 4) is 0 Å². The number of alkyl halides is 2. The molecule has 1 unspecified atom stereocenters. The number of halogens is 2. The molecule has 0 N–H and O–H groups in total. The second-order valence-corrected chi connectivity index (χ2v) is 8.18. The summed E-state index contributed by atoms with van der Waals surface area (Å²) in [7, 11) is -4.62. The van der Waals surface area contributed by atoms with Gasteiger partial charge in [-0.3, -0.25) is 9.69 Å². The van der Waals surface area contributed by atoms with Crippen molar-refractivity contribution in [3.05, 3.63) is 29.8 Å². The molecule has 2 aliphatic rings. The van der Waals surface area contributed by atoms with E-state index in [1.165, 1.54) is 25.0 Å². The number of sulfone groups is 1. The van der Waals surface area contributed by atoms with Crippen LogP contribution in [0.2, 0.25) is 0 Å². The number of amides is 1. The van der Waals surface area contributed by atoms with Crippen LogP contribution in [0, 0.1) is 0 Å². The first-order valence-corrected chi connectivity index (χ1v) is 9.59. The minimum absolute atomic E-state index is 0.183. The Hall–Kier alpha value is -1.54. The maximum Gasteiger partial charge on any atom is 0.341 e. The van der Waals surface area contributed by atoms with Crippen molar-refractivity contribution in [3.63, 3.8) is 0 Å². The molecule has 1 aromatic carbocycles. The Labute approximate surface area is 140 Å². The fourth-order valence-electron chi connectivity index (χ4n) is 3.40. The molecule has 0 saturated carbocycles. The van der Waals surface area contributed by atoms with Crippen LogP contribution in [0.3, 0.4) is 0 Å². The predicted molar refractivity (Wildman–Crippen MR) is 84.7 cm³/mol. The summed E-state index contributed by atoms with van der Waals surface area (Å²) in [4.78, 5) is 16.2. The van der Waals surface area contributed by atoms with Gasteiger partial charge in [-0.15, -0.1) is 0 Å². The lowest BCUT2D eigenvalue weighted by Crippen LogP contribution is -2.37. The van der Waals surface area contributed by atoms with Crippen molar-refractivity contribution in [2.45, 2.75) is 36.0 Å². The monoisotopic (exact) mass is 358 g/mol. The first-order valence-electron chi connectivity index (χ1n) is 8.05. The van der Waals surface area contributed by atoms with Crippen LogP contribution in [0.25, 0.3) is 0 Å². The molecule has 5 nitrogen and oxygen atoms in total. The number of hydrogen-bond acceptors (Lipinski definition) is 4. The van der Waals surface area contributed by atoms with Gasteiger partial charge < -0.3 is 4.90 Å². The van der Waals surface area contributed by atoms with Crippen molar-refractivity contribution in [1.82, 2.24) is 9.80 Å². The molecule has 2 saturated heterocycles. The van der Waals surface area contributed by atoms with Crippen LogP contribution in [0.1, 0.15) is 29.6 Å². The molecule has 8 heteroatoms. The van der Waals surface area contributed by atoms with Crippen LogP contribution in [0.15, 0.2) is 29.2 Å². The molecule has 0 bridgehead atoms. The van der Waals surface area contributed by atoms with Crippen molar-refractivity contribution < 1.29 is 22.0 Å². The zero-order valence-electron chi connectivity index (χ0n) is 13.2. The van der Waals surface area contributed by atoms with E-state index in [2.05, 4.69) is 4.90 Å². The summed E-state index contributed by atoms with van der Waals surface area (Å²) in [6, 6.07) is 5.14. The quantitative estimate of drug-likeness (QED) is 0.826. The average molecular weight is 358 g/mol. The van der Waals surface area contributed by atoms with E-state index in [0.29, 0.717) is 24.7 Å². The molecule has 2 aliphatic heterocycles. The lowest BCUT2D eigenvalue weighted by atomic mass is 10.2. The fourth-order valence-corrected chi connectivity index (χ4v) is 4.12. The van der Waals surface area contributed by atoms with Gasteiger partial charge in [0.15, 0.2) is 0 Å². The van der Waals surface area contributed by atoms with Crippen molar-refractivity contribution in [2.24, 2.45) is 0 Å². The van der Waals surface area contributed by atoms with E-state index in [4.69, 9.17) is 0 Å². The van der Waals surface area contributed by atoms with E-state index < -0.39 is 20.5 Å². The summed E-state index contributed by atoms with van der Waals surface area (Å²) in [5.41, 5.74) is 0.324. The van der Waals surface area contributed by atoms with Gasteiger partial charge in [-0.25, -0.2) is 8.42 Å². The number of rotatable bonds is 4. The number of benzene rings is 1. The zero-order valence-corrected chi connectivity index (χ0v) is 14.0. The number of likely N-dealkylation sites (tertiary alicyclic amines) is 2. The Balaban J connectivity index is 1.67. The Kier molecular flexibility index (Phi) is 4.87. The van der Waals surface area contributed by atoms with Gasteiger partial charge in [-0.1, -0.05) is 0 Å². The molecule has 2 heterocycles. The van der Waals surface area contributed by atoms with E-state index >= 15 is 0 Å². The van der Waals surface area contributed by atoms with Gasteiger partial charge in [0, 0.05) is 24.7 Å². The summed E-state index contributed by atoms with van der Waals surface area (Å²) in [6.07, 6.45) is 3.33. The molecular formula is C16H20F2N2O3S. The molecule has 0 radical (unpaired) electrons. The van der Waals surface area contributed by atoms with E-state index in [1.807, 2.05) is 0 Å². The SMILES string of the molecule is O=C(c1ccc(S(=O)(=O)C(F)F)cc1)N1CCC(N2CCCC2)C1. The summed E-state index contributed by atoms with van der Waals surface area (Å²) >= 11 is 0. The topological polar surface area (TPSA) is 57.7 Å². The average Bonchev–Trinajstić information content (AvgIpc) is 3.25. The maximum absolute atomic E-state index is 12.5. The minimum Gasteiger partial charge on any atom is -0.337 e. The molecule has 132 valence electrons. The van der Waals surface area contributed by atoms with Crippen LogP contribution in [0.4, 0.5) is 8.78 Å². The molecule has 2 fully saturated rings. The molecule has 24 heavy (non-hydrogen) atoms. The second-order valence-electron chi connectivity index (χ2n) is 6.27. The highest BCUT2D eigenvalue weighted by atomic mass is 32.2. The van der Waals surface area contributed by atoms with E-state index in [9.17, 15) is 22.0 Å². The first kappa shape index (κ1) is 17.3. The largest absolute Gasteiger partial charge is 0.341 e. The molecule has 3 rings (SSSR count). The van der Waals surface area contributed by atoms with Gasteiger partial charge in [0.2, 0.25) is 9.84 Å². The van der Waals surface area contributed by atoms with Crippen LogP contribution < -0.4 is 0 Å². The van der Waals surface area contributed by atoms with Crippen molar-refractivity contribution in [2.75, 3.05) is 26.2 Å². The van der Waals surface area contributed by atoms with Crippen LogP contribution in [-0.2, 0) is 9.84 Å². The number of hydrogen-bond donors (Lipinski definition) is 0. The molecule has 0 aliphatic carbocycles. The normalized spacial score (nSPS) is 22.5. The Morgan fingerprint density at radius 3 is 2.29 bits per heavy atom. The summed E-state index contributed by atoms with van der Waals surface area (Å²) in [5, 5.41) is 0. The first-order chi connectivity index (χ1) is 11.4. The number of nitrogens with zero attached hydrogens (tertiary/aromatic N) is 2. The maximum atomic E-state index is 12.5. The summed E-state index contributed by atoms with van der Waals surface area (Å²) < 4.78 is 47.9. The molecule has 1 aromatic rings. The van der Waals surface area contributed by atoms with E-state index in [0.717, 1.165) is 31.6 Å². The summed E-state index contributed by atoms with van der Waals surface area (Å²) in [6.45, 7) is 3.48. The van der Waals surface area contributed by atoms with Gasteiger partial charge in [0.05, 0.1) is 4.90 Å². The van der Waals surface area contributed by atoms with E-state index in [1.54, 1.807) is 4.90 Å². The summed E-state index contributed by atoms with van der Waals surface area (Å²) in [5.74, 6) is -3.64. The van der Waals surface area contributed by atoms with Crippen LogP contribution in [-0.4, -0.2) is 62.1 Å².